The highest BCUT2D eigenvalue weighted by Crippen LogP contribution is 2.44. The Morgan fingerprint density at radius 1 is 1.33 bits per heavy atom. The van der Waals surface area contributed by atoms with E-state index in [-0.39, 0.29) is 11.7 Å². The normalized spacial score (nSPS) is 13.9. The first kappa shape index (κ1) is 17.5. The number of methoxy groups -OCH3 is 1. The number of aryl methyl sites for hydroxylation is 1. The van der Waals surface area contributed by atoms with Crippen LogP contribution in [0.3, 0.4) is 0 Å². The van der Waals surface area contributed by atoms with Crippen molar-refractivity contribution < 1.29 is 13.9 Å². The lowest BCUT2D eigenvalue weighted by molar-refractivity contribution is -0.118. The smallest absolute Gasteiger partial charge is 0.217 e. The van der Waals surface area contributed by atoms with Crippen LogP contribution in [-0.2, 0) is 11.3 Å². The van der Waals surface area contributed by atoms with Crippen LogP contribution in [0.25, 0.3) is 22.3 Å². The van der Waals surface area contributed by atoms with E-state index in [0.717, 1.165) is 23.9 Å². The van der Waals surface area contributed by atoms with Gasteiger partial charge in [0.25, 0.3) is 0 Å². The van der Waals surface area contributed by atoms with Crippen molar-refractivity contribution >= 4 is 16.9 Å². The highest BCUT2D eigenvalue weighted by Gasteiger charge is 2.28. The van der Waals surface area contributed by atoms with Crippen molar-refractivity contribution in [2.75, 3.05) is 7.11 Å². The van der Waals surface area contributed by atoms with Gasteiger partial charge in [0.1, 0.15) is 17.1 Å². The third-order valence-electron chi connectivity index (χ3n) is 4.84. The zero-order chi connectivity index (χ0) is 19.0. The summed E-state index contributed by atoms with van der Waals surface area (Å²) in [5.41, 5.74) is 9.56. The first-order valence-electron chi connectivity index (χ1n) is 9.05. The summed E-state index contributed by atoms with van der Waals surface area (Å²) in [5, 5.41) is 4.45. The summed E-state index contributed by atoms with van der Waals surface area (Å²) in [6.07, 6.45) is 4.94. The van der Waals surface area contributed by atoms with Crippen LogP contribution in [0.1, 0.15) is 37.2 Å². The Kier molecular flexibility index (Phi) is 4.51. The number of carbonyl (C=O) groups excluding carboxylic acids is 1. The van der Waals surface area contributed by atoms with E-state index < -0.39 is 0 Å². The van der Waals surface area contributed by atoms with Gasteiger partial charge in [-0.3, -0.25) is 9.48 Å². The molecule has 0 saturated heterocycles. The Hall–Kier alpha value is -2.96. The molecule has 2 heterocycles. The van der Waals surface area contributed by atoms with Crippen molar-refractivity contribution in [1.82, 2.24) is 14.8 Å². The van der Waals surface area contributed by atoms with Crippen LogP contribution in [-0.4, -0.2) is 27.8 Å². The SMILES string of the molecule is COc1cc(F)cc(-c2cc(C3CC3)c3c(cnn3CCCC(N)=O)n2)c1. The first-order chi connectivity index (χ1) is 13.0. The van der Waals surface area contributed by atoms with E-state index in [0.29, 0.717) is 42.3 Å². The molecule has 1 saturated carbocycles. The number of rotatable bonds is 7. The predicted molar refractivity (Wildman–Crippen MR) is 99.9 cm³/mol. The molecule has 2 N–H and O–H groups in total. The van der Waals surface area contributed by atoms with Crippen molar-refractivity contribution in [2.24, 2.45) is 5.73 Å². The van der Waals surface area contributed by atoms with Crippen molar-refractivity contribution in [3.8, 4) is 17.0 Å². The van der Waals surface area contributed by atoms with Crippen LogP contribution in [0, 0.1) is 5.82 Å². The van der Waals surface area contributed by atoms with Gasteiger partial charge in [-0.15, -0.1) is 0 Å². The molecule has 1 aliphatic rings. The summed E-state index contributed by atoms with van der Waals surface area (Å²) in [6.45, 7) is 0.612. The summed E-state index contributed by atoms with van der Waals surface area (Å²) < 4.78 is 21.0. The van der Waals surface area contributed by atoms with E-state index in [1.165, 1.54) is 24.8 Å². The molecule has 140 valence electrons. The summed E-state index contributed by atoms with van der Waals surface area (Å²) in [7, 11) is 1.51. The molecule has 1 aliphatic carbocycles. The lowest BCUT2D eigenvalue weighted by Crippen LogP contribution is -2.12. The number of nitrogens with two attached hydrogens (primary N) is 1. The average molecular weight is 368 g/mol. The van der Waals surface area contributed by atoms with E-state index in [9.17, 15) is 9.18 Å². The molecule has 0 atom stereocenters. The number of aromatic nitrogens is 3. The van der Waals surface area contributed by atoms with Crippen LogP contribution >= 0.6 is 0 Å². The molecule has 1 aromatic carbocycles. The molecule has 0 spiro atoms. The quantitative estimate of drug-likeness (QED) is 0.693. The summed E-state index contributed by atoms with van der Waals surface area (Å²) in [4.78, 5) is 15.7. The maximum absolute atomic E-state index is 13.9. The van der Waals surface area contributed by atoms with Crippen LogP contribution in [0.2, 0.25) is 0 Å². The highest BCUT2D eigenvalue weighted by molar-refractivity contribution is 5.83. The summed E-state index contributed by atoms with van der Waals surface area (Å²) in [6, 6.07) is 6.62. The van der Waals surface area contributed by atoms with Gasteiger partial charge in [-0.25, -0.2) is 9.37 Å². The fourth-order valence-electron chi connectivity index (χ4n) is 3.39. The van der Waals surface area contributed by atoms with Crippen LogP contribution in [0.15, 0.2) is 30.5 Å². The minimum absolute atomic E-state index is 0.311. The van der Waals surface area contributed by atoms with E-state index in [4.69, 9.17) is 15.5 Å². The number of hydrogen-bond donors (Lipinski definition) is 1. The molecule has 0 unspecified atom stereocenters. The van der Waals surface area contributed by atoms with Crippen LogP contribution < -0.4 is 10.5 Å². The standard InChI is InChI=1S/C20H21FN4O2/c1-27-15-8-13(7-14(21)9-15)17-10-16(12-4-5-12)20-18(24-17)11-23-25(20)6-2-3-19(22)26/h7-12H,2-6H2,1H3,(H2,22,26). The minimum Gasteiger partial charge on any atom is -0.497 e. The van der Waals surface area contributed by atoms with Gasteiger partial charge in [-0.05, 0) is 48.9 Å². The number of carbonyl (C=O) groups is 1. The van der Waals surface area contributed by atoms with Crippen molar-refractivity contribution in [1.29, 1.82) is 0 Å². The second kappa shape index (κ2) is 6.98. The number of fused-ring (bicyclic) bond motifs is 1. The number of benzene rings is 1. The molecule has 0 aliphatic heterocycles. The van der Waals surface area contributed by atoms with Gasteiger partial charge in [-0.1, -0.05) is 0 Å². The number of amides is 1. The third kappa shape index (κ3) is 3.63. The molecular weight excluding hydrogens is 347 g/mol. The third-order valence-corrected chi connectivity index (χ3v) is 4.84. The molecule has 0 radical (unpaired) electrons. The minimum atomic E-state index is -0.360. The first-order valence-corrected chi connectivity index (χ1v) is 9.05. The lowest BCUT2D eigenvalue weighted by Gasteiger charge is -2.11. The van der Waals surface area contributed by atoms with Gasteiger partial charge in [-0.2, -0.15) is 5.10 Å². The zero-order valence-electron chi connectivity index (χ0n) is 15.1. The summed E-state index contributed by atoms with van der Waals surface area (Å²) in [5.74, 6) is 0.258. The number of nitrogens with zero attached hydrogens (tertiary/aromatic N) is 3. The Bertz CT molecular complexity index is 1010. The second-order valence-corrected chi connectivity index (χ2v) is 6.92. The van der Waals surface area contributed by atoms with Crippen LogP contribution in [0.5, 0.6) is 5.75 Å². The van der Waals surface area contributed by atoms with Gasteiger partial charge in [0.2, 0.25) is 5.91 Å². The summed E-state index contributed by atoms with van der Waals surface area (Å²) >= 11 is 0. The molecule has 2 aromatic heterocycles. The molecule has 1 amide bonds. The van der Waals surface area contributed by atoms with Gasteiger partial charge >= 0.3 is 0 Å². The van der Waals surface area contributed by atoms with E-state index in [1.54, 1.807) is 12.3 Å². The molecule has 3 aromatic rings. The Labute approximate surface area is 156 Å². The van der Waals surface area contributed by atoms with Gasteiger partial charge in [0, 0.05) is 24.6 Å². The van der Waals surface area contributed by atoms with Crippen molar-refractivity contribution in [3.05, 3.63) is 41.8 Å². The number of pyridine rings is 1. The molecule has 6 nitrogen and oxygen atoms in total. The monoisotopic (exact) mass is 368 g/mol. The maximum atomic E-state index is 13.9. The largest absolute Gasteiger partial charge is 0.497 e. The number of primary amides is 1. The number of hydrogen-bond acceptors (Lipinski definition) is 4. The molecule has 27 heavy (non-hydrogen) atoms. The average Bonchev–Trinajstić information content (AvgIpc) is 3.41. The fraction of sp³-hybridized carbons (Fsp3) is 0.350. The fourth-order valence-corrected chi connectivity index (χ4v) is 3.39. The molecule has 0 bridgehead atoms. The maximum Gasteiger partial charge on any atom is 0.217 e. The lowest BCUT2D eigenvalue weighted by atomic mass is 10.0. The topological polar surface area (TPSA) is 83.0 Å². The van der Waals surface area contributed by atoms with Crippen molar-refractivity contribution in [3.63, 3.8) is 0 Å². The van der Waals surface area contributed by atoms with E-state index in [2.05, 4.69) is 5.10 Å². The number of ether oxygens (including phenoxy) is 1. The van der Waals surface area contributed by atoms with E-state index in [1.807, 2.05) is 10.7 Å². The van der Waals surface area contributed by atoms with Gasteiger partial charge in [0.05, 0.1) is 24.5 Å². The second-order valence-electron chi connectivity index (χ2n) is 6.92. The van der Waals surface area contributed by atoms with Crippen molar-refractivity contribution in [2.45, 2.75) is 38.1 Å². The predicted octanol–water partition coefficient (Wildman–Crippen LogP) is 3.39. The van der Waals surface area contributed by atoms with Crippen LogP contribution in [0.4, 0.5) is 4.39 Å². The Morgan fingerprint density at radius 2 is 2.15 bits per heavy atom. The van der Waals surface area contributed by atoms with E-state index >= 15 is 0 Å². The molecule has 4 rings (SSSR count). The molecule has 1 fully saturated rings. The number of halogens is 1. The van der Waals surface area contributed by atoms with Gasteiger partial charge < -0.3 is 10.5 Å². The Balaban J connectivity index is 1.77. The highest BCUT2D eigenvalue weighted by atomic mass is 19.1. The zero-order valence-corrected chi connectivity index (χ0v) is 15.1. The molecule has 7 heteroatoms. The molecular formula is C20H21FN4O2. The Morgan fingerprint density at radius 3 is 2.85 bits per heavy atom. The van der Waals surface area contributed by atoms with Gasteiger partial charge in [0.15, 0.2) is 0 Å².